The molecule has 4 heteroatoms. The summed E-state index contributed by atoms with van der Waals surface area (Å²) in [5, 5.41) is 0. The minimum atomic E-state index is -0.196. The highest BCUT2D eigenvalue weighted by molar-refractivity contribution is 5.89. The minimum absolute atomic E-state index is 0.0212. The van der Waals surface area contributed by atoms with Crippen molar-refractivity contribution >= 4 is 5.97 Å². The van der Waals surface area contributed by atoms with Crippen LogP contribution in [0.15, 0.2) is 24.3 Å². The first-order valence-electron chi connectivity index (χ1n) is 16.1. The Morgan fingerprint density at radius 1 is 0.895 bits per heavy atom. The SMILES string of the molecule is CCCCCCCCC1COC(C2CCC(c3ccc(C(=O)OC(C)CCCCCC)cc3)CC2)OC1C. The predicted molar refractivity (Wildman–Crippen MR) is 157 cm³/mol. The van der Waals surface area contributed by atoms with Crippen molar-refractivity contribution < 1.29 is 19.0 Å². The molecule has 4 nitrogen and oxygen atoms in total. The van der Waals surface area contributed by atoms with Crippen LogP contribution in [0.3, 0.4) is 0 Å². The van der Waals surface area contributed by atoms with Crippen molar-refractivity contribution in [3.8, 4) is 0 Å². The molecule has 3 rings (SSSR count). The van der Waals surface area contributed by atoms with Crippen molar-refractivity contribution in [3.05, 3.63) is 35.4 Å². The normalized spacial score (nSPS) is 26.7. The highest BCUT2D eigenvalue weighted by Crippen LogP contribution is 2.40. The van der Waals surface area contributed by atoms with E-state index in [1.807, 2.05) is 19.1 Å². The number of hydrogen-bond acceptors (Lipinski definition) is 4. The summed E-state index contributed by atoms with van der Waals surface area (Å²) in [6, 6.07) is 8.17. The Hall–Kier alpha value is -1.39. The molecule has 2 aliphatic rings. The fourth-order valence-electron chi connectivity index (χ4n) is 6.25. The van der Waals surface area contributed by atoms with E-state index in [1.54, 1.807) is 0 Å². The zero-order chi connectivity index (χ0) is 27.2. The van der Waals surface area contributed by atoms with E-state index in [4.69, 9.17) is 14.2 Å². The van der Waals surface area contributed by atoms with Crippen LogP contribution in [0.4, 0.5) is 0 Å². The molecule has 0 radical (unpaired) electrons. The highest BCUT2D eigenvalue weighted by atomic mass is 16.7. The van der Waals surface area contributed by atoms with Crippen molar-refractivity contribution in [1.82, 2.24) is 0 Å². The van der Waals surface area contributed by atoms with Crippen LogP contribution >= 0.6 is 0 Å². The fraction of sp³-hybridized carbons (Fsp3) is 0.794. The average Bonchev–Trinajstić information content (AvgIpc) is 2.94. The van der Waals surface area contributed by atoms with Crippen LogP contribution in [0.1, 0.15) is 152 Å². The summed E-state index contributed by atoms with van der Waals surface area (Å²) < 4.78 is 18.4. The molecule has 0 amide bonds. The van der Waals surface area contributed by atoms with Gasteiger partial charge in [-0.25, -0.2) is 4.79 Å². The Morgan fingerprint density at radius 3 is 2.18 bits per heavy atom. The zero-order valence-corrected chi connectivity index (χ0v) is 24.9. The summed E-state index contributed by atoms with van der Waals surface area (Å²) in [4.78, 5) is 12.6. The molecular weight excluding hydrogens is 472 g/mol. The van der Waals surface area contributed by atoms with Gasteiger partial charge < -0.3 is 14.2 Å². The second-order valence-electron chi connectivity index (χ2n) is 12.2. The van der Waals surface area contributed by atoms with Crippen LogP contribution in [-0.4, -0.2) is 31.1 Å². The molecule has 38 heavy (non-hydrogen) atoms. The molecule has 1 heterocycles. The van der Waals surface area contributed by atoms with Crippen LogP contribution in [0.25, 0.3) is 0 Å². The molecule has 1 aromatic carbocycles. The maximum Gasteiger partial charge on any atom is 0.338 e. The van der Waals surface area contributed by atoms with Crippen molar-refractivity contribution in [2.24, 2.45) is 11.8 Å². The maximum absolute atomic E-state index is 12.6. The molecule has 216 valence electrons. The molecule has 0 aromatic heterocycles. The van der Waals surface area contributed by atoms with Crippen LogP contribution in [0.5, 0.6) is 0 Å². The number of rotatable bonds is 16. The van der Waals surface area contributed by atoms with E-state index >= 15 is 0 Å². The van der Waals surface area contributed by atoms with E-state index in [2.05, 4.69) is 32.9 Å². The van der Waals surface area contributed by atoms with Gasteiger partial charge in [-0.3, -0.25) is 0 Å². The van der Waals surface area contributed by atoms with Gasteiger partial charge in [0.2, 0.25) is 0 Å². The van der Waals surface area contributed by atoms with Gasteiger partial charge >= 0.3 is 5.97 Å². The maximum atomic E-state index is 12.6. The molecule has 1 aliphatic heterocycles. The van der Waals surface area contributed by atoms with Crippen molar-refractivity contribution in [1.29, 1.82) is 0 Å². The van der Waals surface area contributed by atoms with Crippen molar-refractivity contribution in [2.45, 2.75) is 155 Å². The lowest BCUT2D eigenvalue weighted by atomic mass is 9.78. The molecule has 0 spiro atoms. The van der Waals surface area contributed by atoms with Crippen molar-refractivity contribution in [3.63, 3.8) is 0 Å². The second-order valence-corrected chi connectivity index (χ2v) is 12.2. The first-order chi connectivity index (χ1) is 18.5. The standard InChI is InChI=1S/C34H56O4/c1-5-7-9-11-12-14-16-32-25-36-34(38-27(32)4)31-23-19-29(20-24-31)28-17-21-30(22-18-28)33(35)37-26(3)15-13-10-8-6-2/h17-18,21-22,26-27,29,31-32,34H,5-16,19-20,23-25H2,1-4H3. The van der Waals surface area contributed by atoms with Gasteiger partial charge in [-0.2, -0.15) is 0 Å². The topological polar surface area (TPSA) is 44.8 Å². The molecule has 1 saturated carbocycles. The van der Waals surface area contributed by atoms with Gasteiger partial charge in [-0.1, -0.05) is 83.8 Å². The fourth-order valence-corrected chi connectivity index (χ4v) is 6.25. The summed E-state index contributed by atoms with van der Waals surface area (Å²) in [6.07, 6.45) is 19.9. The van der Waals surface area contributed by atoms with Crippen molar-refractivity contribution in [2.75, 3.05) is 6.61 Å². The lowest BCUT2D eigenvalue weighted by Crippen LogP contribution is -2.42. The largest absolute Gasteiger partial charge is 0.459 e. The smallest absolute Gasteiger partial charge is 0.338 e. The van der Waals surface area contributed by atoms with Gasteiger partial charge in [0.15, 0.2) is 6.29 Å². The second kappa shape index (κ2) is 17.3. The molecule has 4 unspecified atom stereocenters. The molecular formula is C34H56O4. The van der Waals surface area contributed by atoms with Crippen LogP contribution in [-0.2, 0) is 14.2 Å². The van der Waals surface area contributed by atoms with E-state index < -0.39 is 0 Å². The van der Waals surface area contributed by atoms with Crippen LogP contribution in [0.2, 0.25) is 0 Å². The molecule has 0 N–H and O–H groups in total. The summed E-state index contributed by atoms with van der Waals surface area (Å²) in [5.41, 5.74) is 2.00. The van der Waals surface area contributed by atoms with E-state index in [0.717, 1.165) is 45.1 Å². The quantitative estimate of drug-likeness (QED) is 0.158. The molecule has 1 aliphatic carbocycles. The molecule has 2 fully saturated rings. The monoisotopic (exact) mass is 528 g/mol. The van der Waals surface area contributed by atoms with Crippen LogP contribution in [0, 0.1) is 11.8 Å². The molecule has 1 saturated heterocycles. The third-order valence-electron chi connectivity index (χ3n) is 8.96. The number of hydrogen-bond donors (Lipinski definition) is 0. The third kappa shape index (κ3) is 10.3. The predicted octanol–water partition coefficient (Wildman–Crippen LogP) is 9.60. The number of unbranched alkanes of at least 4 members (excludes halogenated alkanes) is 8. The molecule has 4 atom stereocenters. The molecule has 0 bridgehead atoms. The number of ether oxygens (including phenoxy) is 3. The summed E-state index contributed by atoms with van der Waals surface area (Å²) in [7, 11) is 0. The van der Waals surface area contributed by atoms with Gasteiger partial charge in [0.05, 0.1) is 24.4 Å². The highest BCUT2D eigenvalue weighted by Gasteiger charge is 2.35. The van der Waals surface area contributed by atoms with Gasteiger partial charge in [0.1, 0.15) is 0 Å². The molecule has 1 aromatic rings. The zero-order valence-electron chi connectivity index (χ0n) is 24.9. The number of carbonyl (C=O) groups is 1. The summed E-state index contributed by atoms with van der Waals surface area (Å²) in [6.45, 7) is 9.60. The van der Waals surface area contributed by atoms with Gasteiger partial charge in [0, 0.05) is 11.8 Å². The third-order valence-corrected chi connectivity index (χ3v) is 8.96. The van der Waals surface area contributed by atoms with Crippen LogP contribution < -0.4 is 0 Å². The average molecular weight is 529 g/mol. The Kier molecular flexibility index (Phi) is 14.2. The lowest BCUT2D eigenvalue weighted by Gasteiger charge is -2.40. The van der Waals surface area contributed by atoms with E-state index in [-0.39, 0.29) is 18.4 Å². The number of carbonyl (C=O) groups excluding carboxylic acids is 1. The van der Waals surface area contributed by atoms with Gasteiger partial charge in [-0.15, -0.1) is 0 Å². The Morgan fingerprint density at radius 2 is 1.53 bits per heavy atom. The lowest BCUT2D eigenvalue weighted by molar-refractivity contribution is -0.257. The Balaban J connectivity index is 1.35. The Labute approximate surface area is 233 Å². The number of benzene rings is 1. The summed E-state index contributed by atoms with van der Waals surface area (Å²) >= 11 is 0. The first kappa shape index (κ1) is 31.1. The van der Waals surface area contributed by atoms with E-state index in [9.17, 15) is 4.79 Å². The van der Waals surface area contributed by atoms with E-state index in [0.29, 0.717) is 29.4 Å². The summed E-state index contributed by atoms with van der Waals surface area (Å²) in [5.74, 6) is 1.40. The number of esters is 1. The Bertz CT molecular complexity index is 767. The van der Waals surface area contributed by atoms with Gasteiger partial charge in [0.25, 0.3) is 0 Å². The first-order valence-corrected chi connectivity index (χ1v) is 16.1. The minimum Gasteiger partial charge on any atom is -0.459 e. The van der Waals surface area contributed by atoms with E-state index in [1.165, 1.54) is 69.8 Å². The van der Waals surface area contributed by atoms with Gasteiger partial charge in [-0.05, 0) is 82.4 Å².